The van der Waals surface area contributed by atoms with Crippen LogP contribution in [0, 0.1) is 0 Å². The molecule has 0 bridgehead atoms. The number of thiophene rings is 1. The number of nitrogens with two attached hydrogens (primary N) is 1. The molecule has 2 N–H and O–H groups in total. The number of rotatable bonds is 4. The summed E-state index contributed by atoms with van der Waals surface area (Å²) in [7, 11) is 1.79. The number of likely N-dealkylation sites (N-methyl/N-ethyl adjacent to an activating group) is 1. The molecule has 0 saturated carbocycles. The average Bonchev–Trinajstić information content (AvgIpc) is 2.90. The van der Waals surface area contributed by atoms with Gasteiger partial charge in [0.1, 0.15) is 12.4 Å². The Morgan fingerprint density at radius 2 is 2.41 bits per heavy atom. The van der Waals surface area contributed by atoms with Crippen LogP contribution < -0.4 is 5.73 Å². The number of nitrogen functional groups attached to an aromatic ring is 1. The molecule has 0 unspecified atom stereocenters. The number of carbonyl (C=O) groups excluding carboxylic acids is 1. The predicted molar refractivity (Wildman–Crippen MR) is 67.4 cm³/mol. The van der Waals surface area contributed by atoms with E-state index >= 15 is 0 Å². The molecule has 0 aromatic carbocycles. The summed E-state index contributed by atoms with van der Waals surface area (Å²) in [6, 6.07) is 5.67. The molecule has 0 fully saturated rings. The minimum absolute atomic E-state index is 0.0153. The van der Waals surface area contributed by atoms with Gasteiger partial charge in [-0.1, -0.05) is 6.07 Å². The van der Waals surface area contributed by atoms with Crippen LogP contribution in [0.15, 0.2) is 29.8 Å². The van der Waals surface area contributed by atoms with E-state index in [-0.39, 0.29) is 12.5 Å². The van der Waals surface area contributed by atoms with Gasteiger partial charge in [-0.25, -0.2) is 0 Å². The van der Waals surface area contributed by atoms with E-state index in [1.165, 1.54) is 4.88 Å². The van der Waals surface area contributed by atoms with Crippen LogP contribution in [0.2, 0.25) is 0 Å². The Kier molecular flexibility index (Phi) is 3.43. The zero-order chi connectivity index (χ0) is 12.3. The maximum atomic E-state index is 11.9. The fraction of sp³-hybridized carbons (Fsp3) is 0.273. The maximum absolute atomic E-state index is 11.9. The number of aromatic nitrogens is 2. The second-order valence-electron chi connectivity index (χ2n) is 3.77. The molecule has 0 atom stereocenters. The van der Waals surface area contributed by atoms with Crippen LogP contribution >= 0.6 is 11.3 Å². The second kappa shape index (κ2) is 5.01. The average molecular weight is 250 g/mol. The van der Waals surface area contributed by atoms with E-state index in [0.29, 0.717) is 12.4 Å². The van der Waals surface area contributed by atoms with E-state index in [4.69, 9.17) is 5.73 Å². The van der Waals surface area contributed by atoms with Crippen molar-refractivity contribution in [1.29, 1.82) is 0 Å². The lowest BCUT2D eigenvalue weighted by atomic mass is 10.4. The smallest absolute Gasteiger partial charge is 0.244 e. The number of hydrogen-bond donors (Lipinski definition) is 1. The van der Waals surface area contributed by atoms with E-state index in [1.807, 2.05) is 17.5 Å². The van der Waals surface area contributed by atoms with E-state index < -0.39 is 0 Å². The molecule has 0 spiro atoms. The van der Waals surface area contributed by atoms with Gasteiger partial charge >= 0.3 is 0 Å². The van der Waals surface area contributed by atoms with Gasteiger partial charge in [-0.2, -0.15) is 5.10 Å². The maximum Gasteiger partial charge on any atom is 0.244 e. The second-order valence-corrected chi connectivity index (χ2v) is 4.80. The molecule has 6 heteroatoms. The first-order valence-electron chi connectivity index (χ1n) is 5.20. The van der Waals surface area contributed by atoms with Gasteiger partial charge < -0.3 is 10.6 Å². The van der Waals surface area contributed by atoms with Crippen molar-refractivity contribution in [2.45, 2.75) is 13.1 Å². The highest BCUT2D eigenvalue weighted by molar-refractivity contribution is 7.09. The van der Waals surface area contributed by atoms with Crippen molar-refractivity contribution in [3.05, 3.63) is 34.7 Å². The molecule has 1 amide bonds. The fourth-order valence-electron chi connectivity index (χ4n) is 1.45. The summed E-state index contributed by atoms with van der Waals surface area (Å²) >= 11 is 1.64. The Labute approximate surface area is 103 Å². The topological polar surface area (TPSA) is 64.2 Å². The van der Waals surface area contributed by atoms with Crippen LogP contribution in [0.4, 0.5) is 5.82 Å². The zero-order valence-electron chi connectivity index (χ0n) is 9.54. The van der Waals surface area contributed by atoms with Crippen molar-refractivity contribution < 1.29 is 4.79 Å². The molecule has 2 aromatic rings. The van der Waals surface area contributed by atoms with Crippen LogP contribution in [0.25, 0.3) is 0 Å². The molecule has 2 rings (SSSR count). The number of carbonyl (C=O) groups is 1. The van der Waals surface area contributed by atoms with Gasteiger partial charge in [0.15, 0.2) is 0 Å². The molecule has 0 aliphatic carbocycles. The molecule has 2 aromatic heterocycles. The minimum Gasteiger partial charge on any atom is -0.382 e. The SMILES string of the molecule is CN(Cc1cccs1)C(=O)Cn1ccc(N)n1. The summed E-state index contributed by atoms with van der Waals surface area (Å²) < 4.78 is 1.54. The normalized spacial score (nSPS) is 10.4. The number of nitrogens with zero attached hydrogens (tertiary/aromatic N) is 3. The first-order valence-corrected chi connectivity index (χ1v) is 6.08. The number of amides is 1. The fourth-order valence-corrected chi connectivity index (χ4v) is 2.21. The summed E-state index contributed by atoms with van der Waals surface area (Å²) in [5, 5.41) is 5.98. The molecule has 0 radical (unpaired) electrons. The van der Waals surface area contributed by atoms with E-state index in [9.17, 15) is 4.79 Å². The van der Waals surface area contributed by atoms with Crippen molar-refractivity contribution in [2.24, 2.45) is 0 Å². The van der Waals surface area contributed by atoms with Gasteiger partial charge in [0.2, 0.25) is 5.91 Å². The molecule has 0 aliphatic rings. The molecular weight excluding hydrogens is 236 g/mol. The third-order valence-electron chi connectivity index (χ3n) is 2.36. The zero-order valence-corrected chi connectivity index (χ0v) is 10.4. The first kappa shape index (κ1) is 11.7. The first-order chi connectivity index (χ1) is 8.15. The summed E-state index contributed by atoms with van der Waals surface area (Å²) in [6.45, 7) is 0.853. The Morgan fingerprint density at radius 1 is 1.59 bits per heavy atom. The molecule has 90 valence electrons. The highest BCUT2D eigenvalue weighted by Gasteiger charge is 2.10. The Bertz CT molecular complexity index is 491. The lowest BCUT2D eigenvalue weighted by Gasteiger charge is -2.16. The van der Waals surface area contributed by atoms with Crippen LogP contribution in [0.1, 0.15) is 4.88 Å². The Morgan fingerprint density at radius 3 is 3.00 bits per heavy atom. The van der Waals surface area contributed by atoms with Crippen molar-refractivity contribution in [3.63, 3.8) is 0 Å². The Hall–Kier alpha value is -1.82. The molecule has 0 aliphatic heterocycles. The molecular formula is C11H14N4OS. The quantitative estimate of drug-likeness (QED) is 0.886. The summed E-state index contributed by atoms with van der Waals surface area (Å²) in [4.78, 5) is 14.7. The molecule has 5 nitrogen and oxygen atoms in total. The van der Waals surface area contributed by atoms with E-state index in [2.05, 4.69) is 5.10 Å². The largest absolute Gasteiger partial charge is 0.382 e. The third-order valence-corrected chi connectivity index (χ3v) is 3.22. The van der Waals surface area contributed by atoms with Gasteiger partial charge in [-0.05, 0) is 17.5 Å². The van der Waals surface area contributed by atoms with Gasteiger partial charge in [0, 0.05) is 18.1 Å². The minimum atomic E-state index is 0.0153. The van der Waals surface area contributed by atoms with Crippen molar-refractivity contribution in [3.8, 4) is 0 Å². The van der Waals surface area contributed by atoms with Gasteiger partial charge in [0.25, 0.3) is 0 Å². The lowest BCUT2D eigenvalue weighted by molar-refractivity contribution is -0.131. The lowest BCUT2D eigenvalue weighted by Crippen LogP contribution is -2.29. The van der Waals surface area contributed by atoms with Crippen LogP contribution in [0.5, 0.6) is 0 Å². The van der Waals surface area contributed by atoms with Crippen LogP contribution in [0.3, 0.4) is 0 Å². The molecule has 17 heavy (non-hydrogen) atoms. The van der Waals surface area contributed by atoms with E-state index in [0.717, 1.165) is 0 Å². The molecule has 0 saturated heterocycles. The highest BCUT2D eigenvalue weighted by atomic mass is 32.1. The summed E-state index contributed by atoms with van der Waals surface area (Å²) in [6.07, 6.45) is 1.70. The molecule has 2 heterocycles. The highest BCUT2D eigenvalue weighted by Crippen LogP contribution is 2.11. The van der Waals surface area contributed by atoms with Gasteiger partial charge in [-0.15, -0.1) is 11.3 Å². The Balaban J connectivity index is 1.91. The number of anilines is 1. The van der Waals surface area contributed by atoms with Crippen LogP contribution in [-0.2, 0) is 17.9 Å². The van der Waals surface area contributed by atoms with Crippen LogP contribution in [-0.4, -0.2) is 27.6 Å². The van der Waals surface area contributed by atoms with Crippen molar-refractivity contribution >= 4 is 23.1 Å². The van der Waals surface area contributed by atoms with E-state index in [1.54, 1.807) is 40.2 Å². The summed E-state index contributed by atoms with van der Waals surface area (Å²) in [5.74, 6) is 0.445. The summed E-state index contributed by atoms with van der Waals surface area (Å²) in [5.41, 5.74) is 5.48. The predicted octanol–water partition coefficient (Wildman–Crippen LogP) is 1.19. The van der Waals surface area contributed by atoms with Gasteiger partial charge in [-0.3, -0.25) is 9.48 Å². The third kappa shape index (κ3) is 3.07. The monoisotopic (exact) mass is 250 g/mol. The standard InChI is InChI=1S/C11H14N4OS/c1-14(7-9-3-2-6-17-9)11(16)8-15-5-4-10(12)13-15/h2-6H,7-8H2,1H3,(H2,12,13). The van der Waals surface area contributed by atoms with Crippen molar-refractivity contribution in [1.82, 2.24) is 14.7 Å². The van der Waals surface area contributed by atoms with Crippen molar-refractivity contribution in [2.75, 3.05) is 12.8 Å². The number of hydrogen-bond acceptors (Lipinski definition) is 4. The van der Waals surface area contributed by atoms with Gasteiger partial charge in [0.05, 0.1) is 6.54 Å².